The number of cyclic esters (lactones) is 1. The van der Waals surface area contributed by atoms with Gasteiger partial charge in [0.25, 0.3) is 0 Å². The summed E-state index contributed by atoms with van der Waals surface area (Å²) >= 11 is 0. The molecule has 0 radical (unpaired) electrons. The van der Waals surface area contributed by atoms with Gasteiger partial charge in [-0.25, -0.2) is 0 Å². The first kappa shape index (κ1) is 22.7. The van der Waals surface area contributed by atoms with Gasteiger partial charge in [0.2, 0.25) is 0 Å². The molecule has 0 unspecified atom stereocenters. The molecule has 158 valence electrons. The average Bonchev–Trinajstić information content (AvgIpc) is 2.65. The van der Waals surface area contributed by atoms with Crippen LogP contribution >= 0.6 is 0 Å². The Labute approximate surface area is 164 Å². The first-order valence-electron chi connectivity index (χ1n) is 9.85. The number of benzene rings is 1. The van der Waals surface area contributed by atoms with E-state index in [1.165, 1.54) is 0 Å². The van der Waals surface area contributed by atoms with Gasteiger partial charge in [0.05, 0.1) is 6.10 Å². The molecule has 4 nitrogen and oxygen atoms in total. The highest BCUT2D eigenvalue weighted by Gasteiger charge is 2.34. The van der Waals surface area contributed by atoms with E-state index in [1.54, 1.807) is 6.92 Å². The van der Waals surface area contributed by atoms with Crippen molar-refractivity contribution < 1.29 is 27.4 Å². The van der Waals surface area contributed by atoms with Crippen LogP contribution in [0.25, 0.3) is 0 Å². The number of nitrogens with two attached hydrogens (primary N) is 1. The van der Waals surface area contributed by atoms with Crippen molar-refractivity contribution in [1.82, 2.24) is 0 Å². The third-order valence-corrected chi connectivity index (χ3v) is 5.16. The lowest BCUT2D eigenvalue weighted by molar-refractivity contribution is -0.161. The van der Waals surface area contributed by atoms with Crippen LogP contribution in [0.1, 0.15) is 50.2 Å². The van der Waals surface area contributed by atoms with E-state index < -0.39 is 36.8 Å². The van der Waals surface area contributed by atoms with Gasteiger partial charge in [0.1, 0.15) is 12.1 Å². The number of hydrogen-bond acceptors (Lipinski definition) is 4. The smallest absolute Gasteiger partial charge is 0.389 e. The second-order valence-electron chi connectivity index (χ2n) is 7.68. The maximum absolute atomic E-state index is 12.4. The maximum atomic E-state index is 12.4. The largest absolute Gasteiger partial charge is 0.459 e. The van der Waals surface area contributed by atoms with Gasteiger partial charge in [0.15, 0.2) is 0 Å². The van der Waals surface area contributed by atoms with Crippen LogP contribution in [0.2, 0.25) is 0 Å². The molecule has 0 aromatic heterocycles. The minimum absolute atomic E-state index is 0.0253. The van der Waals surface area contributed by atoms with Gasteiger partial charge in [-0.2, -0.15) is 13.2 Å². The lowest BCUT2D eigenvalue weighted by atomic mass is 9.86. The monoisotopic (exact) mass is 401 g/mol. The highest BCUT2D eigenvalue weighted by Crippen LogP contribution is 2.28. The molecule has 1 aliphatic heterocycles. The normalized spacial score (nSPS) is 26.9. The number of carbonyl (C=O) groups excluding carboxylic acids is 1. The molecule has 2 N–H and O–H groups in total. The van der Waals surface area contributed by atoms with E-state index in [0.717, 1.165) is 24.0 Å². The van der Waals surface area contributed by atoms with Crippen LogP contribution in [0.4, 0.5) is 13.2 Å². The number of rotatable bonds is 6. The summed E-state index contributed by atoms with van der Waals surface area (Å²) in [5.41, 5.74) is 8.15. The Balaban J connectivity index is 2.11. The Morgan fingerprint density at radius 1 is 1.21 bits per heavy atom. The summed E-state index contributed by atoms with van der Waals surface area (Å²) < 4.78 is 48.6. The topological polar surface area (TPSA) is 61.6 Å². The molecule has 7 heteroatoms. The summed E-state index contributed by atoms with van der Waals surface area (Å²) in [6, 6.07) is 7.48. The molecule has 0 aliphatic carbocycles. The molecule has 0 spiro atoms. The van der Waals surface area contributed by atoms with Gasteiger partial charge >= 0.3 is 12.1 Å². The molecule has 1 aliphatic rings. The zero-order valence-corrected chi connectivity index (χ0v) is 16.5. The van der Waals surface area contributed by atoms with Crippen LogP contribution in [0.15, 0.2) is 24.3 Å². The molecule has 0 amide bonds. The summed E-state index contributed by atoms with van der Waals surface area (Å²) in [5, 5.41) is 0. The molecule has 28 heavy (non-hydrogen) atoms. The quantitative estimate of drug-likeness (QED) is 0.570. The average molecular weight is 401 g/mol. The van der Waals surface area contributed by atoms with Crippen LogP contribution in [-0.4, -0.2) is 37.0 Å². The summed E-state index contributed by atoms with van der Waals surface area (Å²) in [4.78, 5) is 12.1. The van der Waals surface area contributed by atoms with Crippen LogP contribution in [0, 0.1) is 12.8 Å². The van der Waals surface area contributed by atoms with E-state index in [9.17, 15) is 18.0 Å². The molecule has 1 fully saturated rings. The van der Waals surface area contributed by atoms with Crippen molar-refractivity contribution in [1.29, 1.82) is 0 Å². The highest BCUT2D eigenvalue weighted by molar-refractivity contribution is 5.75. The highest BCUT2D eigenvalue weighted by atomic mass is 19.4. The fourth-order valence-electron chi connectivity index (χ4n) is 3.61. The van der Waals surface area contributed by atoms with Crippen molar-refractivity contribution in [2.24, 2.45) is 11.7 Å². The number of aryl methyl sites for hydroxylation is 1. The fraction of sp³-hybridized carbons (Fsp3) is 0.667. The maximum Gasteiger partial charge on any atom is 0.389 e. The molecule has 1 saturated heterocycles. The van der Waals surface area contributed by atoms with Gasteiger partial charge < -0.3 is 15.2 Å². The number of carbonyl (C=O) groups is 1. The molecule has 1 aromatic carbocycles. The lowest BCUT2D eigenvalue weighted by Gasteiger charge is -2.31. The number of alkyl halides is 3. The number of esters is 1. The van der Waals surface area contributed by atoms with Crippen LogP contribution in [0.3, 0.4) is 0 Å². The summed E-state index contributed by atoms with van der Waals surface area (Å²) in [7, 11) is 0. The minimum Gasteiger partial charge on any atom is -0.459 e. The number of halogens is 3. The molecule has 1 aromatic rings. The number of hydrogen-bond donors (Lipinski definition) is 1. The van der Waals surface area contributed by atoms with Crippen molar-refractivity contribution in [2.45, 2.75) is 76.8 Å². The van der Waals surface area contributed by atoms with Gasteiger partial charge in [-0.05, 0) is 51.0 Å². The molecule has 0 saturated carbocycles. The summed E-state index contributed by atoms with van der Waals surface area (Å²) in [6.07, 6.45) is -3.50. The predicted molar refractivity (Wildman–Crippen MR) is 101 cm³/mol. The van der Waals surface area contributed by atoms with Crippen molar-refractivity contribution in [3.8, 4) is 0 Å². The molecule has 2 rings (SSSR count). The molecular weight excluding hydrogens is 371 g/mol. The van der Waals surface area contributed by atoms with E-state index in [2.05, 4.69) is 0 Å². The summed E-state index contributed by atoms with van der Waals surface area (Å²) in [5.74, 6) is -0.450. The Morgan fingerprint density at radius 2 is 1.89 bits per heavy atom. The van der Waals surface area contributed by atoms with Gasteiger partial charge in [-0.3, -0.25) is 4.79 Å². The molecule has 1 heterocycles. The van der Waals surface area contributed by atoms with Crippen LogP contribution in [-0.2, 0) is 20.7 Å². The third kappa shape index (κ3) is 7.43. The second-order valence-corrected chi connectivity index (χ2v) is 7.68. The standard InChI is InChI=1S/C21H30F3NO3/c1-14-7-9-16(10-8-14)13-17-5-3-6-18(25)20(26)28-15(2)19(17)27-12-4-11-21(22,23)24/h7-10,15,17-19H,3-6,11-13,25H2,1-2H3/t15-,17+,18-,19-/m0/s1. The van der Waals surface area contributed by atoms with E-state index in [-0.39, 0.29) is 18.9 Å². The Kier molecular flexibility index (Phi) is 8.31. The Hall–Kier alpha value is -1.60. The number of ether oxygens (including phenoxy) is 2. The SMILES string of the molecule is Cc1ccc(C[C@H]2CCC[C@H](N)C(=O)O[C@@H](C)[C@@H]2OCCCC(F)(F)F)cc1. The fourth-order valence-corrected chi connectivity index (χ4v) is 3.61. The van der Waals surface area contributed by atoms with E-state index in [4.69, 9.17) is 15.2 Å². The third-order valence-electron chi connectivity index (χ3n) is 5.16. The van der Waals surface area contributed by atoms with E-state index in [0.29, 0.717) is 12.8 Å². The van der Waals surface area contributed by atoms with Crippen LogP contribution in [0.5, 0.6) is 0 Å². The predicted octanol–water partition coefficient (Wildman–Crippen LogP) is 4.32. The molecule has 4 atom stereocenters. The first-order valence-corrected chi connectivity index (χ1v) is 9.85. The summed E-state index contributed by atoms with van der Waals surface area (Å²) in [6.45, 7) is 3.72. The van der Waals surface area contributed by atoms with Crippen LogP contribution < -0.4 is 5.73 Å². The first-order chi connectivity index (χ1) is 13.2. The van der Waals surface area contributed by atoms with Crippen molar-refractivity contribution in [3.63, 3.8) is 0 Å². The van der Waals surface area contributed by atoms with Crippen molar-refractivity contribution in [2.75, 3.05) is 6.61 Å². The van der Waals surface area contributed by atoms with Crippen molar-refractivity contribution >= 4 is 5.97 Å². The minimum atomic E-state index is -4.20. The van der Waals surface area contributed by atoms with Gasteiger partial charge in [0, 0.05) is 13.0 Å². The van der Waals surface area contributed by atoms with Crippen molar-refractivity contribution in [3.05, 3.63) is 35.4 Å². The zero-order chi connectivity index (χ0) is 20.7. The Morgan fingerprint density at radius 3 is 2.54 bits per heavy atom. The van der Waals surface area contributed by atoms with E-state index in [1.807, 2.05) is 31.2 Å². The van der Waals surface area contributed by atoms with Gasteiger partial charge in [-0.15, -0.1) is 0 Å². The van der Waals surface area contributed by atoms with Gasteiger partial charge in [-0.1, -0.05) is 36.2 Å². The molecule has 0 bridgehead atoms. The second kappa shape index (κ2) is 10.3. The lowest BCUT2D eigenvalue weighted by Crippen LogP contribution is -2.41. The Bertz CT molecular complexity index is 618. The zero-order valence-electron chi connectivity index (χ0n) is 16.5. The molecular formula is C21H30F3NO3. The van der Waals surface area contributed by atoms with E-state index >= 15 is 0 Å².